The highest BCUT2D eigenvalue weighted by molar-refractivity contribution is 7.88. The lowest BCUT2D eigenvalue weighted by molar-refractivity contribution is 0.140. The summed E-state index contributed by atoms with van der Waals surface area (Å²) < 4.78 is 24.9. The lowest BCUT2D eigenvalue weighted by Gasteiger charge is -2.37. The monoisotopic (exact) mass is 305 g/mol. The molecule has 0 spiro atoms. The number of piperidine rings is 1. The Kier molecular flexibility index (Phi) is 6.44. The molecule has 1 saturated heterocycles. The number of nitrogens with zero attached hydrogens (tertiary/aromatic N) is 2. The molecule has 20 heavy (non-hydrogen) atoms. The number of sulfonamides is 1. The van der Waals surface area contributed by atoms with E-state index in [1.807, 2.05) is 0 Å². The minimum atomic E-state index is -3.05. The van der Waals surface area contributed by atoms with Gasteiger partial charge in [0.05, 0.1) is 6.26 Å². The van der Waals surface area contributed by atoms with Gasteiger partial charge >= 0.3 is 0 Å². The van der Waals surface area contributed by atoms with Gasteiger partial charge in [0, 0.05) is 26.2 Å². The van der Waals surface area contributed by atoms with Crippen molar-refractivity contribution in [3.8, 4) is 0 Å². The van der Waals surface area contributed by atoms with Gasteiger partial charge in [-0.3, -0.25) is 0 Å². The maximum absolute atomic E-state index is 11.7. The molecule has 0 bridgehead atoms. The molecule has 2 N–H and O–H groups in total. The van der Waals surface area contributed by atoms with E-state index in [9.17, 15) is 8.42 Å². The summed E-state index contributed by atoms with van der Waals surface area (Å²) in [5.41, 5.74) is 5.92. The Balaban J connectivity index is 2.57. The summed E-state index contributed by atoms with van der Waals surface area (Å²) in [7, 11) is -3.05. The topological polar surface area (TPSA) is 66.6 Å². The van der Waals surface area contributed by atoms with Crippen LogP contribution in [0.15, 0.2) is 0 Å². The van der Waals surface area contributed by atoms with Gasteiger partial charge in [0.2, 0.25) is 10.0 Å². The van der Waals surface area contributed by atoms with Crippen molar-refractivity contribution in [2.24, 2.45) is 17.1 Å². The molecule has 0 radical (unpaired) electrons. The van der Waals surface area contributed by atoms with Crippen molar-refractivity contribution in [2.45, 2.75) is 33.6 Å². The SMILES string of the molecule is CCN(CC1CCCN(S(C)(=O)=O)C1)CC(C)(C)CN. The van der Waals surface area contributed by atoms with E-state index in [1.165, 1.54) is 6.26 Å². The first-order valence-electron chi connectivity index (χ1n) is 7.55. The van der Waals surface area contributed by atoms with E-state index >= 15 is 0 Å². The van der Waals surface area contributed by atoms with E-state index in [4.69, 9.17) is 5.73 Å². The molecule has 1 aliphatic heterocycles. The van der Waals surface area contributed by atoms with Crippen LogP contribution in [0, 0.1) is 11.3 Å². The number of hydrogen-bond acceptors (Lipinski definition) is 4. The summed E-state index contributed by atoms with van der Waals surface area (Å²) in [6.45, 7) is 11.4. The zero-order chi connectivity index (χ0) is 15.4. The second-order valence-electron chi connectivity index (χ2n) is 6.83. The van der Waals surface area contributed by atoms with Crippen molar-refractivity contribution in [1.29, 1.82) is 0 Å². The average Bonchev–Trinajstić information content (AvgIpc) is 2.37. The minimum Gasteiger partial charge on any atom is -0.330 e. The highest BCUT2D eigenvalue weighted by atomic mass is 32.2. The van der Waals surface area contributed by atoms with Crippen molar-refractivity contribution in [2.75, 3.05) is 45.5 Å². The van der Waals surface area contributed by atoms with E-state index < -0.39 is 10.0 Å². The molecule has 6 heteroatoms. The van der Waals surface area contributed by atoms with Crippen LogP contribution in [0.1, 0.15) is 33.6 Å². The highest BCUT2D eigenvalue weighted by Crippen LogP contribution is 2.22. The van der Waals surface area contributed by atoms with E-state index in [2.05, 4.69) is 25.7 Å². The van der Waals surface area contributed by atoms with Gasteiger partial charge in [0.1, 0.15) is 0 Å². The molecular weight excluding hydrogens is 274 g/mol. The van der Waals surface area contributed by atoms with Gasteiger partial charge < -0.3 is 10.6 Å². The lowest BCUT2D eigenvalue weighted by atomic mass is 9.92. The lowest BCUT2D eigenvalue weighted by Crippen LogP contribution is -2.46. The highest BCUT2D eigenvalue weighted by Gasteiger charge is 2.28. The van der Waals surface area contributed by atoms with Crippen LogP contribution in [-0.4, -0.2) is 63.1 Å². The third-order valence-corrected chi connectivity index (χ3v) is 5.39. The van der Waals surface area contributed by atoms with Crippen molar-refractivity contribution < 1.29 is 8.42 Å². The van der Waals surface area contributed by atoms with Crippen LogP contribution in [0.4, 0.5) is 0 Å². The molecule has 0 amide bonds. The minimum absolute atomic E-state index is 0.112. The summed E-state index contributed by atoms with van der Waals surface area (Å²) in [5, 5.41) is 0. The fourth-order valence-corrected chi connectivity index (χ4v) is 3.76. The molecule has 0 saturated carbocycles. The molecule has 1 unspecified atom stereocenters. The van der Waals surface area contributed by atoms with Crippen molar-refractivity contribution in [1.82, 2.24) is 9.21 Å². The second kappa shape index (κ2) is 7.20. The second-order valence-corrected chi connectivity index (χ2v) is 8.81. The van der Waals surface area contributed by atoms with Gasteiger partial charge in [0.15, 0.2) is 0 Å². The molecule has 120 valence electrons. The molecule has 0 aromatic rings. The third-order valence-electron chi connectivity index (χ3n) is 4.12. The maximum atomic E-state index is 11.7. The van der Waals surface area contributed by atoms with Crippen molar-refractivity contribution in [3.05, 3.63) is 0 Å². The number of nitrogens with two attached hydrogens (primary N) is 1. The summed E-state index contributed by atoms with van der Waals surface area (Å²) >= 11 is 0. The van der Waals surface area contributed by atoms with E-state index in [-0.39, 0.29) is 5.41 Å². The van der Waals surface area contributed by atoms with Gasteiger partial charge in [-0.15, -0.1) is 0 Å². The molecule has 0 aliphatic carbocycles. The van der Waals surface area contributed by atoms with Crippen LogP contribution >= 0.6 is 0 Å². The first-order chi connectivity index (χ1) is 9.18. The molecule has 1 fully saturated rings. The Morgan fingerprint density at radius 3 is 2.55 bits per heavy atom. The smallest absolute Gasteiger partial charge is 0.211 e. The van der Waals surface area contributed by atoms with Crippen molar-refractivity contribution in [3.63, 3.8) is 0 Å². The van der Waals surface area contributed by atoms with Gasteiger partial charge in [-0.05, 0) is 37.3 Å². The predicted molar refractivity (Wildman–Crippen MR) is 84.1 cm³/mol. The van der Waals surface area contributed by atoms with Gasteiger partial charge in [-0.2, -0.15) is 0 Å². The average molecular weight is 305 g/mol. The Hall–Kier alpha value is -0.170. The first-order valence-corrected chi connectivity index (χ1v) is 9.40. The van der Waals surface area contributed by atoms with Crippen LogP contribution in [0.5, 0.6) is 0 Å². The van der Waals surface area contributed by atoms with Crippen molar-refractivity contribution >= 4 is 10.0 Å². The fourth-order valence-electron chi connectivity index (χ4n) is 2.82. The Labute approximate surface area is 124 Å². The van der Waals surface area contributed by atoms with Gasteiger partial charge in [-0.25, -0.2) is 12.7 Å². The summed E-state index contributed by atoms with van der Waals surface area (Å²) in [5.74, 6) is 0.437. The molecule has 1 heterocycles. The van der Waals surface area contributed by atoms with Crippen LogP contribution < -0.4 is 5.73 Å². The number of hydrogen-bond donors (Lipinski definition) is 1. The Morgan fingerprint density at radius 2 is 2.05 bits per heavy atom. The Morgan fingerprint density at radius 1 is 1.40 bits per heavy atom. The quantitative estimate of drug-likeness (QED) is 0.761. The predicted octanol–water partition coefficient (Wildman–Crippen LogP) is 0.965. The first kappa shape index (κ1) is 17.9. The molecular formula is C14H31N3O2S. The molecule has 1 rings (SSSR count). The van der Waals surface area contributed by atoms with E-state index in [0.717, 1.165) is 32.5 Å². The zero-order valence-electron chi connectivity index (χ0n) is 13.4. The van der Waals surface area contributed by atoms with Crippen LogP contribution in [-0.2, 0) is 10.0 Å². The van der Waals surface area contributed by atoms with Crippen LogP contribution in [0.25, 0.3) is 0 Å². The van der Waals surface area contributed by atoms with Crippen LogP contribution in [0.2, 0.25) is 0 Å². The van der Waals surface area contributed by atoms with Crippen LogP contribution in [0.3, 0.4) is 0 Å². The summed E-state index contributed by atoms with van der Waals surface area (Å²) in [4.78, 5) is 2.41. The summed E-state index contributed by atoms with van der Waals surface area (Å²) in [6.07, 6.45) is 3.39. The Bertz CT molecular complexity index is 395. The molecule has 5 nitrogen and oxygen atoms in total. The fraction of sp³-hybridized carbons (Fsp3) is 1.00. The van der Waals surface area contributed by atoms with Gasteiger partial charge in [0.25, 0.3) is 0 Å². The molecule has 0 aromatic heterocycles. The largest absolute Gasteiger partial charge is 0.330 e. The number of rotatable bonds is 7. The van der Waals surface area contributed by atoms with Gasteiger partial charge in [-0.1, -0.05) is 20.8 Å². The standard InChI is InChI=1S/C14H31N3O2S/c1-5-16(12-14(2,3)11-15)9-13-7-6-8-17(10-13)20(4,18)19/h13H,5-12,15H2,1-4H3. The summed E-state index contributed by atoms with van der Waals surface area (Å²) in [6, 6.07) is 0. The molecule has 1 atom stereocenters. The molecule has 1 aliphatic rings. The van der Waals surface area contributed by atoms with E-state index in [1.54, 1.807) is 4.31 Å². The molecule has 0 aromatic carbocycles. The normalized spacial score (nSPS) is 22.4. The van der Waals surface area contributed by atoms with E-state index in [0.29, 0.717) is 25.6 Å². The zero-order valence-corrected chi connectivity index (χ0v) is 14.2. The third kappa shape index (κ3) is 5.68. The maximum Gasteiger partial charge on any atom is 0.211 e.